The van der Waals surface area contributed by atoms with Crippen molar-refractivity contribution >= 4 is 27.8 Å². The minimum atomic E-state index is -0.261. The van der Waals surface area contributed by atoms with E-state index in [-0.39, 0.29) is 11.7 Å². The second-order valence-corrected chi connectivity index (χ2v) is 7.15. The van der Waals surface area contributed by atoms with E-state index in [1.807, 2.05) is 24.3 Å². The summed E-state index contributed by atoms with van der Waals surface area (Å²) in [5, 5.41) is 6.30. The van der Waals surface area contributed by atoms with E-state index in [0.29, 0.717) is 30.2 Å². The van der Waals surface area contributed by atoms with Crippen LogP contribution in [-0.2, 0) is 13.0 Å². The summed E-state index contributed by atoms with van der Waals surface area (Å²) in [6.45, 7) is 0.970. The molecule has 27 heavy (non-hydrogen) atoms. The molecule has 2 N–H and O–H groups in total. The lowest BCUT2D eigenvalue weighted by atomic mass is 10.1. The van der Waals surface area contributed by atoms with Crippen LogP contribution in [0.4, 0.5) is 4.39 Å². The van der Waals surface area contributed by atoms with Crippen LogP contribution < -0.4 is 10.6 Å². The van der Waals surface area contributed by atoms with Crippen molar-refractivity contribution < 1.29 is 9.18 Å². The van der Waals surface area contributed by atoms with Gasteiger partial charge in [-0.3, -0.25) is 9.79 Å². The normalized spacial score (nSPS) is 11.2. The second kappa shape index (κ2) is 10.1. The summed E-state index contributed by atoms with van der Waals surface area (Å²) in [5.74, 6) is 0.316. The topological polar surface area (TPSA) is 56.7 Å². The Morgan fingerprint density at radius 2 is 1.96 bits per heavy atom. The molecule has 0 aromatic heterocycles. The molecule has 0 unspecified atom stereocenters. The molecule has 0 fully saturated rings. The van der Waals surface area contributed by atoms with Crippen LogP contribution in [0.2, 0.25) is 0 Å². The number of halogens is 2. The molecule has 0 heterocycles. The van der Waals surface area contributed by atoms with Crippen LogP contribution >= 0.6 is 15.9 Å². The molecule has 0 radical (unpaired) electrons. The van der Waals surface area contributed by atoms with Crippen molar-refractivity contribution in [1.29, 1.82) is 0 Å². The van der Waals surface area contributed by atoms with Gasteiger partial charge in [0.25, 0.3) is 5.91 Å². The zero-order valence-corrected chi connectivity index (χ0v) is 17.3. The number of rotatable bonds is 6. The monoisotopic (exact) mass is 434 g/mol. The first-order valence-corrected chi connectivity index (χ1v) is 9.39. The van der Waals surface area contributed by atoms with E-state index in [1.54, 1.807) is 38.2 Å². The predicted molar refractivity (Wildman–Crippen MR) is 110 cm³/mol. The standard InChI is InChI=1S/C20H24BrFN4O/c1-23-20(25-13-16-12-17(21)7-8-18(16)22)24-10-9-14-5-4-6-15(11-14)19(27)26(2)3/h4-8,11-12H,9-10,13H2,1-3H3,(H2,23,24,25). The SMILES string of the molecule is CN=C(NCCc1cccc(C(=O)N(C)C)c1)NCc1cc(Br)ccc1F. The fraction of sp³-hybridized carbons (Fsp3) is 0.300. The molecule has 144 valence electrons. The fourth-order valence-electron chi connectivity index (χ4n) is 2.52. The van der Waals surface area contributed by atoms with Crippen LogP contribution in [0.5, 0.6) is 0 Å². The highest BCUT2D eigenvalue weighted by atomic mass is 79.9. The number of aliphatic imine (C=N–C) groups is 1. The molecule has 0 saturated carbocycles. The van der Waals surface area contributed by atoms with E-state index in [4.69, 9.17) is 0 Å². The van der Waals surface area contributed by atoms with E-state index < -0.39 is 0 Å². The molecule has 2 rings (SSSR count). The molecule has 2 aromatic rings. The molecule has 0 aliphatic heterocycles. The Labute approximate surface area is 167 Å². The molecular weight excluding hydrogens is 411 g/mol. The zero-order valence-electron chi connectivity index (χ0n) is 15.7. The average Bonchev–Trinajstić information content (AvgIpc) is 2.66. The summed E-state index contributed by atoms with van der Waals surface area (Å²) < 4.78 is 14.6. The first-order chi connectivity index (χ1) is 12.9. The molecule has 5 nitrogen and oxygen atoms in total. The van der Waals surface area contributed by atoms with Gasteiger partial charge < -0.3 is 15.5 Å². The molecule has 0 aliphatic rings. The molecule has 0 spiro atoms. The van der Waals surface area contributed by atoms with Gasteiger partial charge in [-0.15, -0.1) is 0 Å². The number of guanidine groups is 1. The van der Waals surface area contributed by atoms with Crippen molar-refractivity contribution in [3.05, 3.63) is 69.4 Å². The van der Waals surface area contributed by atoms with Crippen LogP contribution in [0.1, 0.15) is 21.5 Å². The van der Waals surface area contributed by atoms with Gasteiger partial charge in [-0.1, -0.05) is 28.1 Å². The Bertz CT molecular complexity index is 823. The van der Waals surface area contributed by atoms with Crippen molar-refractivity contribution in [3.63, 3.8) is 0 Å². The average molecular weight is 435 g/mol. The molecule has 0 atom stereocenters. The summed E-state index contributed by atoms with van der Waals surface area (Å²) in [6, 6.07) is 12.4. The number of nitrogens with zero attached hydrogens (tertiary/aromatic N) is 2. The number of hydrogen-bond donors (Lipinski definition) is 2. The zero-order chi connectivity index (χ0) is 19.8. The van der Waals surface area contributed by atoms with E-state index in [1.165, 1.54) is 6.07 Å². The van der Waals surface area contributed by atoms with Crippen molar-refractivity contribution in [2.45, 2.75) is 13.0 Å². The van der Waals surface area contributed by atoms with Gasteiger partial charge in [-0.25, -0.2) is 4.39 Å². The largest absolute Gasteiger partial charge is 0.356 e. The van der Waals surface area contributed by atoms with Crippen LogP contribution in [-0.4, -0.2) is 44.5 Å². The van der Waals surface area contributed by atoms with Gasteiger partial charge in [0.05, 0.1) is 0 Å². The Morgan fingerprint density at radius 1 is 1.19 bits per heavy atom. The van der Waals surface area contributed by atoms with E-state index in [2.05, 4.69) is 31.6 Å². The third kappa shape index (κ3) is 6.36. The number of nitrogens with one attached hydrogen (secondary N) is 2. The molecule has 0 aliphatic carbocycles. The van der Waals surface area contributed by atoms with Gasteiger partial charge in [-0.05, 0) is 42.3 Å². The smallest absolute Gasteiger partial charge is 0.253 e. The molecule has 7 heteroatoms. The Morgan fingerprint density at radius 3 is 2.67 bits per heavy atom. The first-order valence-electron chi connectivity index (χ1n) is 8.59. The number of amides is 1. The molecular formula is C20H24BrFN4O. The lowest BCUT2D eigenvalue weighted by Gasteiger charge is -2.13. The quantitative estimate of drug-likeness (QED) is 0.542. The summed E-state index contributed by atoms with van der Waals surface area (Å²) in [5.41, 5.74) is 2.29. The fourth-order valence-corrected chi connectivity index (χ4v) is 2.93. The maximum Gasteiger partial charge on any atom is 0.253 e. The van der Waals surface area contributed by atoms with Gasteiger partial charge >= 0.3 is 0 Å². The Hall–Kier alpha value is -2.41. The number of carbonyl (C=O) groups excluding carboxylic acids is 1. The van der Waals surface area contributed by atoms with Gasteiger partial charge in [0.2, 0.25) is 0 Å². The molecule has 0 saturated heterocycles. The Kier molecular flexibility index (Phi) is 7.79. The minimum absolute atomic E-state index is 0.0154. The van der Waals surface area contributed by atoms with Crippen molar-refractivity contribution in [3.8, 4) is 0 Å². The summed E-state index contributed by atoms with van der Waals surface area (Å²) in [4.78, 5) is 17.8. The molecule has 0 bridgehead atoms. The highest BCUT2D eigenvalue weighted by molar-refractivity contribution is 9.10. The van der Waals surface area contributed by atoms with Crippen LogP contribution in [0.15, 0.2) is 51.9 Å². The maximum absolute atomic E-state index is 13.8. The lowest BCUT2D eigenvalue weighted by Crippen LogP contribution is -2.38. The van der Waals surface area contributed by atoms with E-state index >= 15 is 0 Å². The van der Waals surface area contributed by atoms with Crippen molar-refractivity contribution in [1.82, 2.24) is 15.5 Å². The van der Waals surface area contributed by atoms with Gasteiger partial charge in [0.15, 0.2) is 5.96 Å². The van der Waals surface area contributed by atoms with Crippen LogP contribution in [0.3, 0.4) is 0 Å². The van der Waals surface area contributed by atoms with Crippen molar-refractivity contribution in [2.24, 2.45) is 4.99 Å². The summed E-state index contributed by atoms with van der Waals surface area (Å²) in [7, 11) is 5.14. The number of benzene rings is 2. The Balaban J connectivity index is 1.87. The first kappa shape index (κ1) is 20.9. The highest BCUT2D eigenvalue weighted by Gasteiger charge is 2.08. The number of carbonyl (C=O) groups is 1. The van der Waals surface area contributed by atoms with Crippen molar-refractivity contribution in [2.75, 3.05) is 27.7 Å². The van der Waals surface area contributed by atoms with Gasteiger partial charge in [0.1, 0.15) is 5.82 Å². The van der Waals surface area contributed by atoms with E-state index in [9.17, 15) is 9.18 Å². The highest BCUT2D eigenvalue weighted by Crippen LogP contribution is 2.15. The summed E-state index contributed by atoms with van der Waals surface area (Å²) >= 11 is 3.35. The third-order valence-corrected chi connectivity index (χ3v) is 4.46. The van der Waals surface area contributed by atoms with Crippen LogP contribution in [0, 0.1) is 5.82 Å². The number of hydrogen-bond acceptors (Lipinski definition) is 2. The molecule has 1 amide bonds. The van der Waals surface area contributed by atoms with E-state index in [0.717, 1.165) is 16.5 Å². The van der Waals surface area contributed by atoms with Crippen LogP contribution in [0.25, 0.3) is 0 Å². The van der Waals surface area contributed by atoms with Gasteiger partial charge in [0, 0.05) is 49.8 Å². The second-order valence-electron chi connectivity index (χ2n) is 6.24. The lowest BCUT2D eigenvalue weighted by molar-refractivity contribution is 0.0827. The minimum Gasteiger partial charge on any atom is -0.356 e. The summed E-state index contributed by atoms with van der Waals surface area (Å²) in [6.07, 6.45) is 0.737. The predicted octanol–water partition coefficient (Wildman–Crippen LogP) is 3.20. The maximum atomic E-state index is 13.8. The van der Waals surface area contributed by atoms with Gasteiger partial charge in [-0.2, -0.15) is 0 Å². The third-order valence-electron chi connectivity index (χ3n) is 3.96. The molecule has 2 aromatic carbocycles.